The fourth-order valence-electron chi connectivity index (χ4n) is 10.4. The molecule has 8 aromatic rings. The zero-order valence-corrected chi connectivity index (χ0v) is 40.0. The highest BCUT2D eigenvalue weighted by atomic mass is 15.2. The number of fused-ring (bicyclic) bond motifs is 7. The first-order valence-corrected chi connectivity index (χ1v) is 23.0. The second kappa shape index (κ2) is 13.8. The lowest BCUT2D eigenvalue weighted by molar-refractivity contribution is -0.659. The number of pyridine rings is 1. The van der Waals surface area contributed by atoms with Gasteiger partial charge in [-0.1, -0.05) is 138 Å². The van der Waals surface area contributed by atoms with Crippen molar-refractivity contribution in [2.75, 3.05) is 4.90 Å². The maximum atomic E-state index is 2.64. The van der Waals surface area contributed by atoms with Gasteiger partial charge in [0, 0.05) is 56.2 Å². The fraction of sp³-hybridized carbons (Fsp3) is 0.305. The predicted molar refractivity (Wildman–Crippen MR) is 272 cm³/mol. The molecule has 0 radical (unpaired) electrons. The normalized spacial score (nSPS) is 13.8. The van der Waals surface area contributed by atoms with Crippen molar-refractivity contribution in [3.63, 3.8) is 0 Å². The van der Waals surface area contributed by atoms with Crippen molar-refractivity contribution in [3.8, 4) is 28.1 Å². The molecule has 0 N–H and O–H groups in total. The molecule has 4 heterocycles. The van der Waals surface area contributed by atoms with Crippen LogP contribution in [0.15, 0.2) is 128 Å². The molecule has 0 aliphatic carbocycles. The predicted octanol–water partition coefficient (Wildman–Crippen LogP) is 13.1. The van der Waals surface area contributed by atoms with E-state index in [1.54, 1.807) is 0 Å². The Bertz CT molecular complexity index is 3170. The van der Waals surface area contributed by atoms with Crippen molar-refractivity contribution in [1.82, 2.24) is 4.57 Å². The molecular weight excluding hydrogens is 761 g/mol. The Hall–Kier alpha value is -5.87. The van der Waals surface area contributed by atoms with Gasteiger partial charge in [0.1, 0.15) is 7.05 Å². The first kappa shape index (κ1) is 41.2. The molecule has 0 fully saturated rings. The Balaban J connectivity index is 1.35. The summed E-state index contributed by atoms with van der Waals surface area (Å²) < 4.78 is 4.94. The monoisotopic (exact) mass is 825 g/mol. The molecule has 4 heteroatoms. The van der Waals surface area contributed by atoms with E-state index in [0.717, 1.165) is 0 Å². The van der Waals surface area contributed by atoms with E-state index in [0.29, 0.717) is 0 Å². The Morgan fingerprint density at radius 1 is 0.492 bits per heavy atom. The number of benzene rings is 6. The second-order valence-electron chi connectivity index (χ2n) is 22.8. The van der Waals surface area contributed by atoms with Crippen LogP contribution >= 0.6 is 0 Å². The summed E-state index contributed by atoms with van der Waals surface area (Å²) >= 11 is 0. The molecule has 2 aliphatic heterocycles. The van der Waals surface area contributed by atoms with Crippen LogP contribution in [0, 0.1) is 6.92 Å². The van der Waals surface area contributed by atoms with Gasteiger partial charge in [0.2, 0.25) is 5.69 Å². The summed E-state index contributed by atoms with van der Waals surface area (Å²) in [6.07, 6.45) is 2.33. The standard InChI is InChI=1S/C59H63BN3/c1-36-17-15-16-18-44(36)49-26-19-37(35-61(49)14)38-29-52-54-53(30-38)63-50-27-22-40(57(5,6)7)31-45(50)46-32-42(59(11,12)13)34-48(55(46)63)60(54)47-33-41(58(8,9)10)23-28-51(47)62(52)43-24-20-39(21-25-43)56(2,3)4/h15-35H,1-14H3/q+1. The van der Waals surface area contributed by atoms with E-state index in [1.165, 1.54) is 111 Å². The number of aryl methyl sites for hydroxylation is 2. The van der Waals surface area contributed by atoms with Crippen molar-refractivity contribution >= 4 is 62.0 Å². The van der Waals surface area contributed by atoms with Gasteiger partial charge >= 0.3 is 0 Å². The number of hydrogen-bond acceptors (Lipinski definition) is 1. The van der Waals surface area contributed by atoms with Gasteiger partial charge in [0.05, 0.1) is 5.52 Å². The van der Waals surface area contributed by atoms with Crippen LogP contribution in [0.4, 0.5) is 17.1 Å². The average Bonchev–Trinajstić information content (AvgIpc) is 3.55. The molecule has 0 saturated carbocycles. The number of anilines is 3. The molecule has 63 heavy (non-hydrogen) atoms. The van der Waals surface area contributed by atoms with Crippen molar-refractivity contribution in [3.05, 3.63) is 155 Å². The van der Waals surface area contributed by atoms with E-state index in [2.05, 4.69) is 239 Å². The lowest BCUT2D eigenvalue weighted by Crippen LogP contribution is -2.60. The first-order valence-electron chi connectivity index (χ1n) is 23.0. The van der Waals surface area contributed by atoms with Crippen LogP contribution in [0.5, 0.6) is 0 Å². The van der Waals surface area contributed by atoms with Gasteiger partial charge in [-0.3, -0.25) is 0 Å². The lowest BCUT2D eigenvalue weighted by Gasteiger charge is -2.41. The Labute approximate surface area is 376 Å². The zero-order chi connectivity index (χ0) is 44.7. The first-order chi connectivity index (χ1) is 29.6. The third-order valence-electron chi connectivity index (χ3n) is 14.2. The Kier molecular flexibility index (Phi) is 9.03. The Morgan fingerprint density at radius 2 is 1.08 bits per heavy atom. The largest absolute Gasteiger partial charge is 0.311 e. The van der Waals surface area contributed by atoms with Gasteiger partial charge in [0.25, 0.3) is 6.71 Å². The van der Waals surface area contributed by atoms with Crippen molar-refractivity contribution < 1.29 is 4.57 Å². The maximum Gasteiger partial charge on any atom is 0.252 e. The summed E-state index contributed by atoms with van der Waals surface area (Å²) in [6.45, 7) is 30.3. The molecular formula is C59H63BN3+. The highest BCUT2D eigenvalue weighted by molar-refractivity contribution is 7.00. The minimum Gasteiger partial charge on any atom is -0.311 e. The number of aromatic nitrogens is 2. The van der Waals surface area contributed by atoms with Crippen LogP contribution in [0.1, 0.15) is 111 Å². The van der Waals surface area contributed by atoms with Crippen LogP contribution in [-0.4, -0.2) is 11.3 Å². The van der Waals surface area contributed by atoms with E-state index in [1.807, 2.05) is 0 Å². The summed E-state index contributed by atoms with van der Waals surface area (Å²) in [7, 11) is 2.19. The molecule has 0 unspecified atom stereocenters. The van der Waals surface area contributed by atoms with Crippen LogP contribution < -0.4 is 25.9 Å². The molecule has 2 aromatic heterocycles. The van der Waals surface area contributed by atoms with Crippen LogP contribution in [0.3, 0.4) is 0 Å². The molecule has 6 aromatic carbocycles. The third kappa shape index (κ3) is 6.58. The summed E-state index contributed by atoms with van der Waals surface area (Å²) in [4.78, 5) is 2.58. The molecule has 0 atom stereocenters. The minimum absolute atomic E-state index is 0.0161. The van der Waals surface area contributed by atoms with E-state index in [-0.39, 0.29) is 28.4 Å². The molecule has 2 aliphatic rings. The summed E-state index contributed by atoms with van der Waals surface area (Å²) in [5.41, 5.74) is 23.2. The number of hydrogen-bond donors (Lipinski definition) is 0. The van der Waals surface area contributed by atoms with Gasteiger partial charge in [0.15, 0.2) is 6.20 Å². The van der Waals surface area contributed by atoms with Crippen molar-refractivity contribution in [2.24, 2.45) is 7.05 Å². The summed E-state index contributed by atoms with van der Waals surface area (Å²) in [5, 5.41) is 2.67. The molecule has 0 bridgehead atoms. The molecule has 3 nitrogen and oxygen atoms in total. The second-order valence-corrected chi connectivity index (χ2v) is 22.8. The quantitative estimate of drug-likeness (QED) is 0.128. The molecule has 0 spiro atoms. The van der Waals surface area contributed by atoms with Crippen LogP contribution in [0.25, 0.3) is 49.9 Å². The van der Waals surface area contributed by atoms with Crippen LogP contribution in [0.2, 0.25) is 0 Å². The molecule has 316 valence electrons. The molecule has 0 amide bonds. The van der Waals surface area contributed by atoms with E-state index in [9.17, 15) is 0 Å². The smallest absolute Gasteiger partial charge is 0.252 e. The molecule has 0 saturated heterocycles. The maximum absolute atomic E-state index is 2.64. The van der Waals surface area contributed by atoms with Gasteiger partial charge in [-0.2, -0.15) is 0 Å². The van der Waals surface area contributed by atoms with E-state index >= 15 is 0 Å². The SMILES string of the molecule is Cc1ccccc1-c1ccc(-c2cc3c4c(c2)-n2c5ccc(C(C)(C)C)cc5c5cc(C(C)(C)C)cc(c52)B4c2cc(C(C)(C)C)ccc2N3c2ccc(C(C)(C)C)cc2)c[n+]1C. The average molecular weight is 825 g/mol. The highest BCUT2D eigenvalue weighted by Crippen LogP contribution is 2.45. The van der Waals surface area contributed by atoms with Gasteiger partial charge in [-0.15, -0.1) is 0 Å². The number of rotatable bonds is 3. The van der Waals surface area contributed by atoms with Gasteiger partial charge in [-0.05, 0) is 139 Å². The van der Waals surface area contributed by atoms with Gasteiger partial charge in [-0.25, -0.2) is 4.57 Å². The van der Waals surface area contributed by atoms with Crippen molar-refractivity contribution in [2.45, 2.75) is 112 Å². The number of nitrogens with zero attached hydrogens (tertiary/aromatic N) is 3. The molecule has 10 rings (SSSR count). The summed E-state index contributed by atoms with van der Waals surface area (Å²) in [5.74, 6) is 0. The van der Waals surface area contributed by atoms with Crippen molar-refractivity contribution in [1.29, 1.82) is 0 Å². The van der Waals surface area contributed by atoms with Crippen LogP contribution in [-0.2, 0) is 28.7 Å². The zero-order valence-electron chi connectivity index (χ0n) is 40.0. The fourth-order valence-corrected chi connectivity index (χ4v) is 10.4. The third-order valence-corrected chi connectivity index (χ3v) is 14.2. The topological polar surface area (TPSA) is 12.1 Å². The summed E-state index contributed by atoms with van der Waals surface area (Å²) in [6, 6.07) is 47.4. The van der Waals surface area contributed by atoms with Gasteiger partial charge < -0.3 is 9.47 Å². The lowest BCUT2D eigenvalue weighted by atomic mass is 9.33. The highest BCUT2D eigenvalue weighted by Gasteiger charge is 2.44. The van der Waals surface area contributed by atoms with E-state index < -0.39 is 0 Å². The minimum atomic E-state index is -0.0424. The Morgan fingerprint density at radius 3 is 1.73 bits per heavy atom. The van der Waals surface area contributed by atoms with E-state index in [4.69, 9.17) is 0 Å².